The zero-order valence-electron chi connectivity index (χ0n) is 9.23. The first-order valence-electron chi connectivity index (χ1n) is 5.54. The predicted molar refractivity (Wildman–Crippen MR) is 62.9 cm³/mol. The highest BCUT2D eigenvalue weighted by Crippen LogP contribution is 2.32. The summed E-state index contributed by atoms with van der Waals surface area (Å²) in [5.74, 6) is 1.70. The molecule has 0 atom stereocenters. The number of pyridine rings is 1. The Bertz CT molecular complexity index is 534. The second-order valence-electron chi connectivity index (χ2n) is 4.18. The van der Waals surface area contributed by atoms with Crippen LogP contribution in [0.1, 0.15) is 16.7 Å². The molecule has 1 aliphatic rings. The summed E-state index contributed by atoms with van der Waals surface area (Å²) in [5.41, 5.74) is 3.75. The van der Waals surface area contributed by atoms with Crippen LogP contribution in [0.3, 0.4) is 0 Å². The van der Waals surface area contributed by atoms with Crippen LogP contribution < -0.4 is 4.74 Å². The lowest BCUT2D eigenvalue weighted by Crippen LogP contribution is -1.90. The van der Waals surface area contributed by atoms with Gasteiger partial charge in [0.25, 0.3) is 0 Å². The van der Waals surface area contributed by atoms with E-state index in [1.54, 1.807) is 6.20 Å². The van der Waals surface area contributed by atoms with E-state index in [-0.39, 0.29) is 0 Å². The standard InChI is InChI=1S/C14H13NO/c1-10-4-7-13-12(9-10)6-5-11-3-2-8-15-14(11)16-13/h2-4,7-9H,5-6H2,1H3. The normalized spacial score (nSPS) is 13.3. The molecule has 0 bridgehead atoms. The lowest BCUT2D eigenvalue weighted by Gasteiger charge is -2.07. The zero-order valence-corrected chi connectivity index (χ0v) is 9.23. The summed E-state index contributed by atoms with van der Waals surface area (Å²) in [4.78, 5) is 4.28. The number of ether oxygens (including phenoxy) is 1. The molecule has 0 amide bonds. The second kappa shape index (κ2) is 3.63. The van der Waals surface area contributed by atoms with Gasteiger partial charge in [0.2, 0.25) is 5.88 Å². The van der Waals surface area contributed by atoms with Crippen LogP contribution in [0.25, 0.3) is 0 Å². The number of hydrogen-bond acceptors (Lipinski definition) is 2. The van der Waals surface area contributed by atoms with Gasteiger partial charge in [-0.25, -0.2) is 4.98 Å². The fourth-order valence-corrected chi connectivity index (χ4v) is 2.08. The van der Waals surface area contributed by atoms with Crippen molar-refractivity contribution in [1.29, 1.82) is 0 Å². The highest BCUT2D eigenvalue weighted by molar-refractivity contribution is 5.43. The molecule has 0 unspecified atom stereocenters. The first kappa shape index (κ1) is 9.40. The Balaban J connectivity index is 2.08. The molecule has 1 aromatic carbocycles. The third-order valence-electron chi connectivity index (χ3n) is 2.94. The van der Waals surface area contributed by atoms with Gasteiger partial charge >= 0.3 is 0 Å². The average molecular weight is 211 g/mol. The molecule has 1 aromatic heterocycles. The first-order valence-corrected chi connectivity index (χ1v) is 5.54. The maximum Gasteiger partial charge on any atom is 0.222 e. The molecule has 0 radical (unpaired) electrons. The molecule has 3 rings (SSSR count). The Morgan fingerprint density at radius 2 is 2.00 bits per heavy atom. The van der Waals surface area contributed by atoms with Gasteiger partial charge in [0.15, 0.2) is 0 Å². The van der Waals surface area contributed by atoms with Gasteiger partial charge in [-0.1, -0.05) is 23.8 Å². The first-order chi connectivity index (χ1) is 7.83. The van der Waals surface area contributed by atoms with Crippen LogP contribution in [-0.2, 0) is 12.8 Å². The highest BCUT2D eigenvalue weighted by Gasteiger charge is 2.14. The Hall–Kier alpha value is -1.83. The van der Waals surface area contributed by atoms with Crippen molar-refractivity contribution in [1.82, 2.24) is 4.98 Å². The summed E-state index contributed by atoms with van der Waals surface area (Å²) >= 11 is 0. The summed E-state index contributed by atoms with van der Waals surface area (Å²) in [6.45, 7) is 2.11. The monoisotopic (exact) mass is 211 g/mol. The Kier molecular flexibility index (Phi) is 2.13. The van der Waals surface area contributed by atoms with Gasteiger partial charge in [-0.05, 0) is 37.5 Å². The van der Waals surface area contributed by atoms with Crippen LogP contribution in [0.2, 0.25) is 0 Å². The smallest absolute Gasteiger partial charge is 0.222 e. The van der Waals surface area contributed by atoms with Crippen LogP contribution >= 0.6 is 0 Å². The minimum Gasteiger partial charge on any atom is -0.438 e. The van der Waals surface area contributed by atoms with E-state index in [0.717, 1.165) is 24.5 Å². The molecule has 0 N–H and O–H groups in total. The van der Waals surface area contributed by atoms with E-state index in [1.165, 1.54) is 16.7 Å². The zero-order chi connectivity index (χ0) is 11.0. The number of fused-ring (bicyclic) bond motifs is 2. The van der Waals surface area contributed by atoms with Crippen LogP contribution in [0, 0.1) is 6.92 Å². The second-order valence-corrected chi connectivity index (χ2v) is 4.18. The van der Waals surface area contributed by atoms with Gasteiger partial charge in [0, 0.05) is 11.8 Å². The van der Waals surface area contributed by atoms with Crippen molar-refractivity contribution in [3.8, 4) is 11.6 Å². The van der Waals surface area contributed by atoms with E-state index >= 15 is 0 Å². The lowest BCUT2D eigenvalue weighted by molar-refractivity contribution is 0.459. The van der Waals surface area contributed by atoms with Crippen LogP contribution in [0.5, 0.6) is 11.6 Å². The van der Waals surface area contributed by atoms with Crippen molar-refractivity contribution in [2.45, 2.75) is 19.8 Å². The van der Waals surface area contributed by atoms with E-state index in [4.69, 9.17) is 4.74 Å². The minimum absolute atomic E-state index is 0.755. The molecule has 2 heterocycles. The van der Waals surface area contributed by atoms with Gasteiger partial charge in [-0.3, -0.25) is 0 Å². The van der Waals surface area contributed by atoms with Crippen molar-refractivity contribution in [2.24, 2.45) is 0 Å². The lowest BCUT2D eigenvalue weighted by atomic mass is 10.0. The van der Waals surface area contributed by atoms with Crippen molar-refractivity contribution in [3.63, 3.8) is 0 Å². The van der Waals surface area contributed by atoms with Gasteiger partial charge in [-0.2, -0.15) is 0 Å². The van der Waals surface area contributed by atoms with Crippen molar-refractivity contribution in [3.05, 3.63) is 53.2 Å². The Labute approximate surface area is 94.9 Å². The molecule has 2 heteroatoms. The average Bonchev–Trinajstić information content (AvgIpc) is 2.48. The quantitative estimate of drug-likeness (QED) is 0.667. The maximum absolute atomic E-state index is 5.85. The number of benzene rings is 1. The van der Waals surface area contributed by atoms with Crippen LogP contribution in [-0.4, -0.2) is 4.98 Å². The van der Waals surface area contributed by atoms with Crippen LogP contribution in [0.4, 0.5) is 0 Å². The molecule has 0 saturated heterocycles. The number of hydrogen-bond donors (Lipinski definition) is 0. The molecule has 16 heavy (non-hydrogen) atoms. The fraction of sp³-hybridized carbons (Fsp3) is 0.214. The van der Waals surface area contributed by atoms with Crippen molar-refractivity contribution in [2.75, 3.05) is 0 Å². The van der Waals surface area contributed by atoms with Crippen molar-refractivity contribution >= 4 is 0 Å². The summed E-state index contributed by atoms with van der Waals surface area (Å²) in [6.07, 6.45) is 3.80. The summed E-state index contributed by atoms with van der Waals surface area (Å²) in [5, 5.41) is 0. The van der Waals surface area contributed by atoms with Gasteiger partial charge in [0.05, 0.1) is 0 Å². The topological polar surface area (TPSA) is 22.1 Å². The van der Waals surface area contributed by atoms with Gasteiger partial charge in [0.1, 0.15) is 5.75 Å². The predicted octanol–water partition coefficient (Wildman–Crippen LogP) is 3.28. The fourth-order valence-electron chi connectivity index (χ4n) is 2.08. The Morgan fingerprint density at radius 1 is 1.12 bits per heavy atom. The number of rotatable bonds is 0. The Morgan fingerprint density at radius 3 is 2.94 bits per heavy atom. The van der Waals surface area contributed by atoms with E-state index in [1.807, 2.05) is 12.1 Å². The molecule has 0 spiro atoms. The summed E-state index contributed by atoms with van der Waals surface area (Å²) in [6, 6.07) is 10.4. The molecule has 80 valence electrons. The number of nitrogens with zero attached hydrogens (tertiary/aromatic N) is 1. The van der Waals surface area contributed by atoms with E-state index < -0.39 is 0 Å². The van der Waals surface area contributed by atoms with Gasteiger partial charge < -0.3 is 4.74 Å². The van der Waals surface area contributed by atoms with Gasteiger partial charge in [-0.15, -0.1) is 0 Å². The van der Waals surface area contributed by atoms with Crippen LogP contribution in [0.15, 0.2) is 36.5 Å². The molecule has 2 nitrogen and oxygen atoms in total. The van der Waals surface area contributed by atoms with E-state index in [9.17, 15) is 0 Å². The number of aromatic nitrogens is 1. The molecule has 0 aliphatic carbocycles. The minimum atomic E-state index is 0.755. The highest BCUT2D eigenvalue weighted by atomic mass is 16.5. The molecule has 0 fully saturated rings. The maximum atomic E-state index is 5.85. The van der Waals surface area contributed by atoms with E-state index in [2.05, 4.69) is 30.1 Å². The summed E-state index contributed by atoms with van der Waals surface area (Å²) < 4.78 is 5.85. The number of aryl methyl sites for hydroxylation is 3. The molecule has 0 saturated carbocycles. The third kappa shape index (κ3) is 1.56. The van der Waals surface area contributed by atoms with Crippen molar-refractivity contribution < 1.29 is 4.74 Å². The largest absolute Gasteiger partial charge is 0.438 e. The third-order valence-corrected chi connectivity index (χ3v) is 2.94. The molecule has 2 aromatic rings. The molecule has 1 aliphatic heterocycles. The molecular formula is C14H13NO. The summed E-state index contributed by atoms with van der Waals surface area (Å²) in [7, 11) is 0. The molecular weight excluding hydrogens is 198 g/mol. The van der Waals surface area contributed by atoms with E-state index in [0.29, 0.717) is 0 Å². The SMILES string of the molecule is Cc1ccc2c(c1)CCc1cccnc1O2.